The normalized spacial score (nSPS) is 29.9. The summed E-state index contributed by atoms with van der Waals surface area (Å²) in [6, 6.07) is 0.850. The molecule has 22 heavy (non-hydrogen) atoms. The van der Waals surface area contributed by atoms with Crippen molar-refractivity contribution >= 4 is 0 Å². The van der Waals surface area contributed by atoms with Crippen LogP contribution in [0.15, 0.2) is 0 Å². The van der Waals surface area contributed by atoms with Crippen molar-refractivity contribution in [3.8, 4) is 0 Å². The Balaban J connectivity index is 1.59. The first-order chi connectivity index (χ1) is 10.5. The van der Waals surface area contributed by atoms with E-state index in [9.17, 15) is 0 Å². The molecule has 1 aliphatic carbocycles. The monoisotopic (exact) mass is 306 g/mol. The highest BCUT2D eigenvalue weighted by Gasteiger charge is 2.49. The SMILES string of the molecule is CCCCO[C@@H]1C[C@H](N[C@@H]2CCCn3nc(C)nc32)C1(C)C. The fourth-order valence-electron chi connectivity index (χ4n) is 3.69. The molecule has 3 atom stereocenters. The number of rotatable bonds is 6. The van der Waals surface area contributed by atoms with Crippen LogP contribution in [0.25, 0.3) is 0 Å². The first-order valence-corrected chi connectivity index (χ1v) is 8.81. The van der Waals surface area contributed by atoms with Gasteiger partial charge in [0.25, 0.3) is 0 Å². The molecule has 5 heteroatoms. The predicted molar refractivity (Wildman–Crippen MR) is 86.7 cm³/mol. The molecule has 0 unspecified atom stereocenters. The quantitative estimate of drug-likeness (QED) is 0.821. The number of aryl methyl sites for hydroxylation is 2. The van der Waals surface area contributed by atoms with E-state index in [4.69, 9.17) is 4.74 Å². The van der Waals surface area contributed by atoms with Crippen LogP contribution in [-0.2, 0) is 11.3 Å². The molecule has 0 bridgehead atoms. The molecule has 0 aromatic carbocycles. The van der Waals surface area contributed by atoms with E-state index in [1.165, 1.54) is 12.8 Å². The zero-order chi connectivity index (χ0) is 15.7. The molecular weight excluding hydrogens is 276 g/mol. The topological polar surface area (TPSA) is 52.0 Å². The molecule has 0 radical (unpaired) electrons. The van der Waals surface area contributed by atoms with Crippen LogP contribution >= 0.6 is 0 Å². The Morgan fingerprint density at radius 1 is 1.41 bits per heavy atom. The minimum absolute atomic E-state index is 0.199. The van der Waals surface area contributed by atoms with Crippen molar-refractivity contribution in [1.29, 1.82) is 0 Å². The Bertz CT molecular complexity index is 511. The fraction of sp³-hybridized carbons (Fsp3) is 0.882. The molecule has 5 nitrogen and oxygen atoms in total. The molecule has 1 N–H and O–H groups in total. The Hall–Kier alpha value is -0.940. The van der Waals surface area contributed by atoms with Crippen LogP contribution in [0.4, 0.5) is 0 Å². The molecule has 3 rings (SSSR count). The van der Waals surface area contributed by atoms with Crippen molar-refractivity contribution in [2.75, 3.05) is 6.61 Å². The fourth-order valence-corrected chi connectivity index (χ4v) is 3.69. The summed E-state index contributed by atoms with van der Waals surface area (Å²) in [4.78, 5) is 4.63. The van der Waals surface area contributed by atoms with Gasteiger partial charge in [0, 0.05) is 24.6 Å². The van der Waals surface area contributed by atoms with Gasteiger partial charge in [-0.1, -0.05) is 27.2 Å². The minimum Gasteiger partial charge on any atom is -0.378 e. The van der Waals surface area contributed by atoms with Crippen molar-refractivity contribution in [3.05, 3.63) is 11.6 Å². The van der Waals surface area contributed by atoms with E-state index < -0.39 is 0 Å². The zero-order valence-corrected chi connectivity index (χ0v) is 14.4. The van der Waals surface area contributed by atoms with E-state index in [1.54, 1.807) is 0 Å². The molecule has 1 fully saturated rings. The Morgan fingerprint density at radius 3 is 2.95 bits per heavy atom. The summed E-state index contributed by atoms with van der Waals surface area (Å²) < 4.78 is 8.13. The second-order valence-electron chi connectivity index (χ2n) is 7.42. The summed E-state index contributed by atoms with van der Waals surface area (Å²) in [7, 11) is 0. The molecule has 1 aliphatic heterocycles. The number of nitrogens with zero attached hydrogens (tertiary/aromatic N) is 3. The minimum atomic E-state index is 0.199. The lowest BCUT2D eigenvalue weighted by atomic mass is 9.64. The lowest BCUT2D eigenvalue weighted by Crippen LogP contribution is -2.61. The molecule has 2 aliphatic rings. The van der Waals surface area contributed by atoms with Crippen molar-refractivity contribution in [3.63, 3.8) is 0 Å². The number of hydrogen-bond donors (Lipinski definition) is 1. The third-order valence-corrected chi connectivity index (χ3v) is 5.38. The number of hydrogen-bond acceptors (Lipinski definition) is 4. The number of ether oxygens (including phenoxy) is 1. The van der Waals surface area contributed by atoms with E-state index in [-0.39, 0.29) is 5.41 Å². The zero-order valence-electron chi connectivity index (χ0n) is 14.4. The third kappa shape index (κ3) is 2.93. The summed E-state index contributed by atoms with van der Waals surface area (Å²) in [6.45, 7) is 10.7. The number of unbranched alkanes of at least 4 members (excludes halogenated alkanes) is 1. The van der Waals surface area contributed by atoms with Crippen molar-refractivity contribution < 1.29 is 4.74 Å². The molecule has 0 amide bonds. The lowest BCUT2D eigenvalue weighted by molar-refractivity contribution is -0.121. The molecular formula is C17H30N4O. The van der Waals surface area contributed by atoms with Crippen LogP contribution in [0.2, 0.25) is 0 Å². The van der Waals surface area contributed by atoms with Crippen LogP contribution in [0.1, 0.15) is 70.6 Å². The standard InChI is InChI=1S/C17H30N4O/c1-5-6-10-22-15-11-14(17(15,3)4)19-13-8-7-9-21-16(13)18-12(2)20-21/h13-15,19H,5-11H2,1-4H3/t13-,14+,15-/m1/s1. The molecule has 1 saturated carbocycles. The highest BCUT2D eigenvalue weighted by molar-refractivity contribution is 5.08. The second kappa shape index (κ2) is 6.28. The third-order valence-electron chi connectivity index (χ3n) is 5.38. The van der Waals surface area contributed by atoms with Gasteiger partial charge in [0.15, 0.2) is 0 Å². The molecule has 0 spiro atoms. The molecule has 2 heterocycles. The van der Waals surface area contributed by atoms with Gasteiger partial charge in [-0.25, -0.2) is 9.67 Å². The van der Waals surface area contributed by atoms with Gasteiger partial charge in [0.2, 0.25) is 0 Å². The van der Waals surface area contributed by atoms with E-state index in [2.05, 4.69) is 40.9 Å². The average Bonchev–Trinajstić information content (AvgIpc) is 2.86. The van der Waals surface area contributed by atoms with Crippen LogP contribution < -0.4 is 5.32 Å². The molecule has 1 aromatic heterocycles. The molecule has 1 aromatic rings. The van der Waals surface area contributed by atoms with Gasteiger partial charge in [0.05, 0.1) is 12.1 Å². The van der Waals surface area contributed by atoms with E-state index >= 15 is 0 Å². The first kappa shape index (κ1) is 15.9. The smallest absolute Gasteiger partial charge is 0.147 e. The van der Waals surface area contributed by atoms with Gasteiger partial charge >= 0.3 is 0 Å². The summed E-state index contributed by atoms with van der Waals surface area (Å²) in [5, 5.41) is 8.33. The predicted octanol–water partition coefficient (Wildman–Crippen LogP) is 2.99. The highest BCUT2D eigenvalue weighted by Crippen LogP contribution is 2.44. The first-order valence-electron chi connectivity index (χ1n) is 8.81. The molecule has 124 valence electrons. The maximum atomic E-state index is 6.05. The summed E-state index contributed by atoms with van der Waals surface area (Å²) in [5.41, 5.74) is 0.199. The molecule has 0 saturated heterocycles. The summed E-state index contributed by atoms with van der Waals surface area (Å²) in [6.07, 6.45) is 6.20. The van der Waals surface area contributed by atoms with Gasteiger partial charge in [-0.3, -0.25) is 0 Å². The van der Waals surface area contributed by atoms with Crippen LogP contribution in [0.5, 0.6) is 0 Å². The maximum absolute atomic E-state index is 6.05. The van der Waals surface area contributed by atoms with Gasteiger partial charge < -0.3 is 10.1 Å². The van der Waals surface area contributed by atoms with Gasteiger partial charge in [-0.05, 0) is 32.6 Å². The summed E-state index contributed by atoms with van der Waals surface area (Å²) >= 11 is 0. The van der Waals surface area contributed by atoms with E-state index in [0.29, 0.717) is 18.2 Å². The van der Waals surface area contributed by atoms with Gasteiger partial charge in [-0.2, -0.15) is 5.10 Å². The number of nitrogens with one attached hydrogen (secondary N) is 1. The average molecular weight is 306 g/mol. The number of aromatic nitrogens is 3. The Labute approximate surface area is 133 Å². The largest absolute Gasteiger partial charge is 0.378 e. The van der Waals surface area contributed by atoms with Gasteiger partial charge in [-0.15, -0.1) is 0 Å². The Morgan fingerprint density at radius 2 is 2.23 bits per heavy atom. The number of fused-ring (bicyclic) bond motifs is 1. The van der Waals surface area contributed by atoms with Crippen LogP contribution in [0, 0.1) is 12.3 Å². The van der Waals surface area contributed by atoms with Crippen molar-refractivity contribution in [2.24, 2.45) is 5.41 Å². The Kier molecular flexibility index (Phi) is 4.55. The van der Waals surface area contributed by atoms with E-state index in [0.717, 1.165) is 44.1 Å². The second-order valence-corrected chi connectivity index (χ2v) is 7.42. The van der Waals surface area contributed by atoms with Crippen LogP contribution in [-0.4, -0.2) is 33.5 Å². The van der Waals surface area contributed by atoms with Crippen molar-refractivity contribution in [1.82, 2.24) is 20.1 Å². The van der Waals surface area contributed by atoms with Crippen molar-refractivity contribution in [2.45, 2.75) is 84.5 Å². The highest BCUT2D eigenvalue weighted by atomic mass is 16.5. The van der Waals surface area contributed by atoms with Gasteiger partial charge in [0.1, 0.15) is 11.6 Å². The maximum Gasteiger partial charge on any atom is 0.147 e. The van der Waals surface area contributed by atoms with E-state index in [1.807, 2.05) is 6.92 Å². The summed E-state index contributed by atoms with van der Waals surface area (Å²) in [5.74, 6) is 2.01. The lowest BCUT2D eigenvalue weighted by Gasteiger charge is -2.53. The van der Waals surface area contributed by atoms with Crippen LogP contribution in [0.3, 0.4) is 0 Å².